The number of aryl methyl sites for hydroxylation is 1. The molecule has 0 aliphatic carbocycles. The Kier molecular flexibility index (Phi) is 4.15. The zero-order chi connectivity index (χ0) is 12.3. The van der Waals surface area contributed by atoms with E-state index in [0.717, 1.165) is 22.3 Å². The topological polar surface area (TPSA) is 50.4 Å². The van der Waals surface area contributed by atoms with Crippen molar-refractivity contribution in [3.05, 3.63) is 28.2 Å². The van der Waals surface area contributed by atoms with E-state index in [0.29, 0.717) is 13.2 Å². The van der Waals surface area contributed by atoms with E-state index in [2.05, 4.69) is 26.6 Å². The average molecular weight is 299 g/mol. The molecule has 0 aromatic heterocycles. The van der Waals surface area contributed by atoms with E-state index in [1.54, 1.807) is 0 Å². The van der Waals surface area contributed by atoms with Gasteiger partial charge in [-0.25, -0.2) is 0 Å². The number of ether oxygens (including phenoxy) is 1. The predicted molar refractivity (Wildman–Crippen MR) is 70.1 cm³/mol. The maximum absolute atomic E-state index is 11.9. The molecule has 5 heteroatoms. The molecule has 0 radical (unpaired) electrons. The third-order valence-electron chi connectivity index (χ3n) is 2.68. The fourth-order valence-electron chi connectivity index (χ4n) is 1.68. The Morgan fingerprint density at radius 1 is 1.59 bits per heavy atom. The highest BCUT2D eigenvalue weighted by atomic mass is 79.9. The lowest BCUT2D eigenvalue weighted by molar-refractivity contribution is -0.128. The molecule has 0 saturated carbocycles. The van der Waals surface area contributed by atoms with Gasteiger partial charge in [-0.05, 0) is 24.6 Å². The summed E-state index contributed by atoms with van der Waals surface area (Å²) in [6.45, 7) is 3.91. The van der Waals surface area contributed by atoms with E-state index in [1.807, 2.05) is 25.1 Å². The number of carbonyl (C=O) groups is 1. The minimum absolute atomic E-state index is 0.0987. The van der Waals surface area contributed by atoms with Gasteiger partial charge in [0.2, 0.25) is 0 Å². The zero-order valence-corrected chi connectivity index (χ0v) is 11.2. The maximum Gasteiger partial charge on any atom is 0.254 e. The zero-order valence-electron chi connectivity index (χ0n) is 9.63. The van der Waals surface area contributed by atoms with Gasteiger partial charge in [0.25, 0.3) is 5.91 Å². The number of amides is 1. The second-order valence-electron chi connectivity index (χ2n) is 4.01. The molecule has 17 heavy (non-hydrogen) atoms. The molecule has 1 heterocycles. The summed E-state index contributed by atoms with van der Waals surface area (Å²) in [7, 11) is 0. The second-order valence-corrected chi connectivity index (χ2v) is 4.93. The van der Waals surface area contributed by atoms with Crippen molar-refractivity contribution >= 4 is 27.5 Å². The van der Waals surface area contributed by atoms with Crippen molar-refractivity contribution < 1.29 is 9.53 Å². The lowest BCUT2D eigenvalue weighted by atomic mass is 10.2. The first-order chi connectivity index (χ1) is 8.16. The third-order valence-corrected chi connectivity index (χ3v) is 3.17. The fourth-order valence-corrected chi connectivity index (χ4v) is 2.04. The molecule has 1 aromatic rings. The molecule has 1 fully saturated rings. The van der Waals surface area contributed by atoms with Crippen LogP contribution in [0.25, 0.3) is 0 Å². The summed E-state index contributed by atoms with van der Waals surface area (Å²) in [6, 6.07) is 5.80. The first kappa shape index (κ1) is 12.5. The summed E-state index contributed by atoms with van der Waals surface area (Å²) in [4.78, 5) is 11.9. The van der Waals surface area contributed by atoms with Crippen LogP contribution in [0.3, 0.4) is 0 Å². The highest BCUT2D eigenvalue weighted by Crippen LogP contribution is 2.20. The predicted octanol–water partition coefficient (Wildman–Crippen LogP) is 1.68. The molecule has 0 spiro atoms. The number of halogens is 1. The molecule has 1 unspecified atom stereocenters. The lowest BCUT2D eigenvalue weighted by Gasteiger charge is -2.23. The molecular weight excluding hydrogens is 284 g/mol. The van der Waals surface area contributed by atoms with E-state index in [9.17, 15) is 4.79 Å². The maximum atomic E-state index is 11.9. The Morgan fingerprint density at radius 3 is 3.12 bits per heavy atom. The largest absolute Gasteiger partial charge is 0.366 e. The molecule has 1 aliphatic heterocycles. The molecule has 1 saturated heterocycles. The molecule has 2 N–H and O–H groups in total. The molecule has 1 aliphatic rings. The summed E-state index contributed by atoms with van der Waals surface area (Å²) >= 11 is 3.39. The Hall–Kier alpha value is -0.910. The van der Waals surface area contributed by atoms with Crippen LogP contribution in [0.4, 0.5) is 5.69 Å². The number of carbonyl (C=O) groups excluding carboxylic acids is 1. The van der Waals surface area contributed by atoms with Crippen molar-refractivity contribution in [1.29, 1.82) is 0 Å². The average Bonchev–Trinajstić information content (AvgIpc) is 2.35. The van der Waals surface area contributed by atoms with Gasteiger partial charge < -0.3 is 15.4 Å². The van der Waals surface area contributed by atoms with Crippen LogP contribution in [0.5, 0.6) is 0 Å². The number of benzene rings is 1. The molecule has 1 aromatic carbocycles. The van der Waals surface area contributed by atoms with Crippen molar-refractivity contribution in [2.75, 3.05) is 25.0 Å². The van der Waals surface area contributed by atoms with Crippen LogP contribution in [-0.2, 0) is 9.53 Å². The van der Waals surface area contributed by atoms with Crippen LogP contribution in [0.2, 0.25) is 0 Å². The van der Waals surface area contributed by atoms with Crippen LogP contribution in [0.1, 0.15) is 5.56 Å². The van der Waals surface area contributed by atoms with Gasteiger partial charge in [-0.15, -0.1) is 0 Å². The highest BCUT2D eigenvalue weighted by molar-refractivity contribution is 9.10. The molecule has 2 rings (SSSR count). The van der Waals surface area contributed by atoms with Gasteiger partial charge in [0, 0.05) is 23.2 Å². The van der Waals surface area contributed by atoms with E-state index in [-0.39, 0.29) is 5.91 Å². The van der Waals surface area contributed by atoms with Crippen molar-refractivity contribution in [2.24, 2.45) is 0 Å². The minimum atomic E-state index is -0.401. The molecule has 4 nitrogen and oxygen atoms in total. The Balaban J connectivity index is 2.04. The van der Waals surface area contributed by atoms with Crippen LogP contribution in [0, 0.1) is 6.92 Å². The van der Waals surface area contributed by atoms with Gasteiger partial charge in [0.1, 0.15) is 6.10 Å². The lowest BCUT2D eigenvalue weighted by Crippen LogP contribution is -2.45. The first-order valence-corrected chi connectivity index (χ1v) is 6.35. The second kappa shape index (κ2) is 5.62. The molecule has 1 atom stereocenters. The summed E-state index contributed by atoms with van der Waals surface area (Å²) in [6.07, 6.45) is -0.401. The SMILES string of the molecule is Cc1ccc(Br)cc1NC(=O)C1CNCCO1. The number of anilines is 1. The van der Waals surface area contributed by atoms with Crippen molar-refractivity contribution in [1.82, 2.24) is 5.32 Å². The van der Waals surface area contributed by atoms with E-state index in [1.165, 1.54) is 0 Å². The van der Waals surface area contributed by atoms with Gasteiger partial charge in [0.05, 0.1) is 6.61 Å². The van der Waals surface area contributed by atoms with E-state index >= 15 is 0 Å². The smallest absolute Gasteiger partial charge is 0.254 e. The monoisotopic (exact) mass is 298 g/mol. The molecule has 0 bridgehead atoms. The van der Waals surface area contributed by atoms with Gasteiger partial charge in [-0.1, -0.05) is 22.0 Å². The summed E-state index contributed by atoms with van der Waals surface area (Å²) < 4.78 is 6.34. The van der Waals surface area contributed by atoms with Crippen LogP contribution >= 0.6 is 15.9 Å². The number of hydrogen-bond donors (Lipinski definition) is 2. The summed E-state index contributed by atoms with van der Waals surface area (Å²) in [5.41, 5.74) is 1.85. The van der Waals surface area contributed by atoms with Crippen LogP contribution < -0.4 is 10.6 Å². The Labute approximate surface area is 109 Å². The van der Waals surface area contributed by atoms with Crippen molar-refractivity contribution in [3.8, 4) is 0 Å². The third kappa shape index (κ3) is 3.28. The van der Waals surface area contributed by atoms with Crippen LogP contribution in [-0.4, -0.2) is 31.7 Å². The Morgan fingerprint density at radius 2 is 2.41 bits per heavy atom. The molecule has 92 valence electrons. The standard InChI is InChI=1S/C12H15BrN2O2/c1-8-2-3-9(13)6-10(8)15-12(16)11-7-14-4-5-17-11/h2-3,6,11,14H,4-5,7H2,1H3,(H,15,16). The first-order valence-electron chi connectivity index (χ1n) is 5.56. The van der Waals surface area contributed by atoms with Gasteiger partial charge in [0.15, 0.2) is 0 Å². The summed E-state index contributed by atoms with van der Waals surface area (Å²) in [5.74, 6) is -0.0987. The van der Waals surface area contributed by atoms with Gasteiger partial charge in [-0.2, -0.15) is 0 Å². The van der Waals surface area contributed by atoms with Crippen molar-refractivity contribution in [3.63, 3.8) is 0 Å². The molecular formula is C12H15BrN2O2. The quantitative estimate of drug-likeness (QED) is 0.873. The van der Waals surface area contributed by atoms with Gasteiger partial charge >= 0.3 is 0 Å². The highest BCUT2D eigenvalue weighted by Gasteiger charge is 2.22. The normalized spacial score (nSPS) is 20.0. The minimum Gasteiger partial charge on any atom is -0.366 e. The summed E-state index contributed by atoms with van der Waals surface area (Å²) in [5, 5.41) is 6.02. The number of nitrogens with one attached hydrogen (secondary N) is 2. The van der Waals surface area contributed by atoms with Gasteiger partial charge in [-0.3, -0.25) is 4.79 Å². The van der Waals surface area contributed by atoms with Crippen molar-refractivity contribution in [2.45, 2.75) is 13.0 Å². The van der Waals surface area contributed by atoms with E-state index in [4.69, 9.17) is 4.74 Å². The number of morpholine rings is 1. The molecule has 1 amide bonds. The van der Waals surface area contributed by atoms with Crippen LogP contribution in [0.15, 0.2) is 22.7 Å². The number of rotatable bonds is 2. The Bertz CT molecular complexity index is 417. The van der Waals surface area contributed by atoms with E-state index < -0.39 is 6.10 Å². The fraction of sp³-hybridized carbons (Fsp3) is 0.417. The number of hydrogen-bond acceptors (Lipinski definition) is 3.